The second kappa shape index (κ2) is 7.83. The van der Waals surface area contributed by atoms with Gasteiger partial charge in [0.1, 0.15) is 0 Å². The molecule has 5 nitrogen and oxygen atoms in total. The van der Waals surface area contributed by atoms with Crippen molar-refractivity contribution in [3.8, 4) is 0 Å². The number of carbonyl (C=O) groups is 3. The third kappa shape index (κ3) is 3.85. The van der Waals surface area contributed by atoms with Crippen molar-refractivity contribution in [2.45, 2.75) is 45.3 Å². The van der Waals surface area contributed by atoms with Crippen LogP contribution in [-0.2, 0) is 20.7 Å². The minimum absolute atomic E-state index is 0.0273. The SMILES string of the molecule is C[C@H](OC(=O)CCC(=O)c1cccs1)C(=O)N1c2ccccc2C[C@@H]1C. The molecule has 0 fully saturated rings. The zero-order chi connectivity index (χ0) is 18.7. The van der Waals surface area contributed by atoms with E-state index < -0.39 is 12.1 Å². The number of amides is 1. The van der Waals surface area contributed by atoms with Gasteiger partial charge in [0.2, 0.25) is 0 Å². The van der Waals surface area contributed by atoms with E-state index in [4.69, 9.17) is 4.74 Å². The highest BCUT2D eigenvalue weighted by molar-refractivity contribution is 7.12. The number of anilines is 1. The van der Waals surface area contributed by atoms with Crippen LogP contribution in [0.4, 0.5) is 5.69 Å². The van der Waals surface area contributed by atoms with Crippen molar-refractivity contribution in [1.29, 1.82) is 0 Å². The van der Waals surface area contributed by atoms with Gasteiger partial charge >= 0.3 is 5.97 Å². The molecule has 1 aliphatic heterocycles. The summed E-state index contributed by atoms with van der Waals surface area (Å²) in [5, 5.41) is 1.82. The van der Waals surface area contributed by atoms with Gasteiger partial charge in [-0.25, -0.2) is 0 Å². The smallest absolute Gasteiger partial charge is 0.307 e. The number of fused-ring (bicyclic) bond motifs is 1. The molecule has 0 aliphatic carbocycles. The van der Waals surface area contributed by atoms with E-state index in [9.17, 15) is 14.4 Å². The summed E-state index contributed by atoms with van der Waals surface area (Å²) in [6.07, 6.45) is -0.0327. The number of rotatable bonds is 6. The summed E-state index contributed by atoms with van der Waals surface area (Å²) < 4.78 is 5.28. The Balaban J connectivity index is 1.56. The first-order valence-electron chi connectivity index (χ1n) is 8.64. The van der Waals surface area contributed by atoms with Crippen molar-refractivity contribution < 1.29 is 19.1 Å². The Kier molecular flexibility index (Phi) is 5.52. The highest BCUT2D eigenvalue weighted by Gasteiger charge is 2.34. The second-order valence-electron chi connectivity index (χ2n) is 6.42. The number of Topliss-reactive ketones (excluding diaryl/α,β-unsaturated/α-hetero) is 1. The summed E-state index contributed by atoms with van der Waals surface area (Å²) in [5.41, 5.74) is 1.99. The lowest BCUT2D eigenvalue weighted by atomic mass is 10.1. The van der Waals surface area contributed by atoms with Gasteiger partial charge < -0.3 is 9.64 Å². The summed E-state index contributed by atoms with van der Waals surface area (Å²) in [7, 11) is 0. The van der Waals surface area contributed by atoms with Crippen molar-refractivity contribution in [2.24, 2.45) is 0 Å². The van der Waals surface area contributed by atoms with Crippen molar-refractivity contribution in [3.05, 3.63) is 52.2 Å². The predicted molar refractivity (Wildman–Crippen MR) is 101 cm³/mol. The lowest BCUT2D eigenvalue weighted by Crippen LogP contribution is -2.43. The van der Waals surface area contributed by atoms with Crippen molar-refractivity contribution >= 4 is 34.7 Å². The van der Waals surface area contributed by atoms with Gasteiger partial charge in [-0.05, 0) is 43.3 Å². The molecule has 0 unspecified atom stereocenters. The minimum atomic E-state index is -0.882. The maximum atomic E-state index is 12.8. The Morgan fingerprint density at radius 3 is 2.69 bits per heavy atom. The highest BCUT2D eigenvalue weighted by atomic mass is 32.1. The molecule has 2 heterocycles. The number of thiophene rings is 1. The number of nitrogens with zero attached hydrogens (tertiary/aromatic N) is 1. The number of hydrogen-bond acceptors (Lipinski definition) is 5. The molecule has 0 bridgehead atoms. The molecule has 0 N–H and O–H groups in total. The van der Waals surface area contributed by atoms with Crippen LogP contribution in [0, 0.1) is 0 Å². The Morgan fingerprint density at radius 1 is 1.19 bits per heavy atom. The van der Waals surface area contributed by atoms with E-state index >= 15 is 0 Å². The number of hydrogen-bond donors (Lipinski definition) is 0. The molecule has 1 aromatic carbocycles. The fraction of sp³-hybridized carbons (Fsp3) is 0.350. The Hall–Kier alpha value is -2.47. The number of ketones is 1. The first-order valence-corrected chi connectivity index (χ1v) is 9.52. The van der Waals surface area contributed by atoms with Crippen LogP contribution in [0.1, 0.15) is 41.9 Å². The van der Waals surface area contributed by atoms with Gasteiger partial charge in [-0.3, -0.25) is 14.4 Å². The van der Waals surface area contributed by atoms with Crippen LogP contribution in [0.2, 0.25) is 0 Å². The fourth-order valence-corrected chi connectivity index (χ4v) is 3.87. The van der Waals surface area contributed by atoms with Crippen molar-refractivity contribution in [2.75, 3.05) is 4.90 Å². The maximum Gasteiger partial charge on any atom is 0.307 e. The number of carbonyl (C=O) groups excluding carboxylic acids is 3. The molecule has 1 aromatic heterocycles. The fourth-order valence-electron chi connectivity index (χ4n) is 3.18. The summed E-state index contributed by atoms with van der Waals surface area (Å²) in [5.74, 6) is -0.853. The third-order valence-corrected chi connectivity index (χ3v) is 5.36. The molecular formula is C20H21NO4S. The molecule has 0 radical (unpaired) electrons. The average molecular weight is 371 g/mol. The first kappa shape index (κ1) is 18.3. The van der Waals surface area contributed by atoms with Crippen LogP contribution in [0.15, 0.2) is 41.8 Å². The van der Waals surface area contributed by atoms with E-state index in [1.807, 2.05) is 36.6 Å². The Morgan fingerprint density at radius 2 is 1.96 bits per heavy atom. The van der Waals surface area contributed by atoms with Crippen LogP contribution in [0.25, 0.3) is 0 Å². The molecule has 2 atom stereocenters. The van der Waals surface area contributed by atoms with E-state index in [0.717, 1.165) is 17.7 Å². The summed E-state index contributed by atoms with van der Waals surface area (Å²) >= 11 is 1.35. The number of benzene rings is 1. The summed E-state index contributed by atoms with van der Waals surface area (Å²) in [6, 6.07) is 11.3. The summed E-state index contributed by atoms with van der Waals surface area (Å²) in [4.78, 5) is 39.1. The maximum absolute atomic E-state index is 12.8. The molecule has 26 heavy (non-hydrogen) atoms. The molecular weight excluding hydrogens is 350 g/mol. The van der Waals surface area contributed by atoms with E-state index in [1.54, 1.807) is 24.0 Å². The monoisotopic (exact) mass is 371 g/mol. The molecule has 1 amide bonds. The van der Waals surface area contributed by atoms with Gasteiger partial charge in [-0.1, -0.05) is 24.3 Å². The quantitative estimate of drug-likeness (QED) is 0.575. The predicted octanol–water partition coefficient (Wildman–Crippen LogP) is 3.62. The highest BCUT2D eigenvalue weighted by Crippen LogP contribution is 2.32. The molecule has 6 heteroatoms. The third-order valence-electron chi connectivity index (χ3n) is 4.45. The largest absolute Gasteiger partial charge is 0.453 e. The van der Waals surface area contributed by atoms with Crippen LogP contribution in [-0.4, -0.2) is 29.8 Å². The Labute approximate surface area is 156 Å². The molecule has 0 spiro atoms. The second-order valence-corrected chi connectivity index (χ2v) is 7.37. The van der Waals surface area contributed by atoms with Crippen LogP contribution >= 0.6 is 11.3 Å². The first-order chi connectivity index (χ1) is 12.5. The standard InChI is InChI=1S/C20H21NO4S/c1-13-12-15-6-3-4-7-16(15)21(13)20(24)14(2)25-19(23)10-9-17(22)18-8-5-11-26-18/h3-8,11,13-14H,9-10,12H2,1-2H3/t13-,14-/m0/s1. The lowest BCUT2D eigenvalue weighted by Gasteiger charge is -2.25. The summed E-state index contributed by atoms with van der Waals surface area (Å²) in [6.45, 7) is 3.56. The van der Waals surface area contributed by atoms with Gasteiger partial charge in [0.05, 0.1) is 11.3 Å². The number of esters is 1. The van der Waals surface area contributed by atoms with Gasteiger partial charge in [0.15, 0.2) is 11.9 Å². The Bertz CT molecular complexity index is 815. The van der Waals surface area contributed by atoms with Gasteiger partial charge in [0.25, 0.3) is 5.91 Å². The average Bonchev–Trinajstić information content (AvgIpc) is 3.26. The van der Waals surface area contributed by atoms with Crippen molar-refractivity contribution in [3.63, 3.8) is 0 Å². The molecule has 1 aliphatic rings. The normalized spacial score (nSPS) is 16.8. The number of ether oxygens (including phenoxy) is 1. The van der Waals surface area contributed by atoms with E-state index in [2.05, 4.69) is 0 Å². The van der Waals surface area contributed by atoms with Gasteiger partial charge in [0, 0.05) is 18.2 Å². The van der Waals surface area contributed by atoms with Gasteiger partial charge in [-0.15, -0.1) is 11.3 Å². The van der Waals surface area contributed by atoms with Crippen LogP contribution in [0.3, 0.4) is 0 Å². The molecule has 0 saturated carbocycles. The zero-order valence-electron chi connectivity index (χ0n) is 14.8. The van der Waals surface area contributed by atoms with Crippen LogP contribution in [0.5, 0.6) is 0 Å². The van der Waals surface area contributed by atoms with E-state index in [1.165, 1.54) is 11.3 Å². The van der Waals surface area contributed by atoms with E-state index in [-0.39, 0.29) is 30.6 Å². The molecule has 2 aromatic rings. The zero-order valence-corrected chi connectivity index (χ0v) is 15.6. The van der Waals surface area contributed by atoms with Gasteiger partial charge in [-0.2, -0.15) is 0 Å². The van der Waals surface area contributed by atoms with Crippen LogP contribution < -0.4 is 4.90 Å². The van der Waals surface area contributed by atoms with Crippen molar-refractivity contribution in [1.82, 2.24) is 0 Å². The topological polar surface area (TPSA) is 63.7 Å². The molecule has 0 saturated heterocycles. The lowest BCUT2D eigenvalue weighted by molar-refractivity contribution is -0.153. The molecule has 136 valence electrons. The van der Waals surface area contributed by atoms with E-state index in [0.29, 0.717) is 4.88 Å². The molecule has 3 rings (SSSR count). The number of para-hydroxylation sites is 1. The minimum Gasteiger partial charge on any atom is -0.453 e.